The predicted molar refractivity (Wildman–Crippen MR) is 97.3 cm³/mol. The van der Waals surface area contributed by atoms with E-state index in [-0.39, 0.29) is 23.8 Å². The van der Waals surface area contributed by atoms with Crippen LogP contribution < -0.4 is 5.32 Å². The number of amides is 2. The number of piperidine rings is 1. The van der Waals surface area contributed by atoms with Crippen LogP contribution in [0, 0.1) is 5.92 Å². The summed E-state index contributed by atoms with van der Waals surface area (Å²) in [6, 6.07) is 10.0. The Balaban J connectivity index is 1.78. The summed E-state index contributed by atoms with van der Waals surface area (Å²) in [5.74, 6) is 0.200. The number of carbonyl (C=O) groups excluding carboxylic acids is 2. The SMILES string of the molecule is CCCC(C)NC(=O)C1CCN(C(=O)C=Cc2ccccc2)CC1. The Labute approximate surface area is 144 Å². The maximum absolute atomic E-state index is 12.2. The van der Waals surface area contributed by atoms with Crippen LogP contribution >= 0.6 is 0 Å². The highest BCUT2D eigenvalue weighted by atomic mass is 16.2. The Bertz CT molecular complexity index is 560. The number of nitrogens with one attached hydrogen (secondary N) is 1. The van der Waals surface area contributed by atoms with Crippen LogP contribution in [0.25, 0.3) is 6.08 Å². The molecule has 2 amide bonds. The molecule has 1 saturated heterocycles. The van der Waals surface area contributed by atoms with Crippen LogP contribution in [0.5, 0.6) is 0 Å². The minimum Gasteiger partial charge on any atom is -0.353 e. The van der Waals surface area contributed by atoms with Crippen molar-refractivity contribution >= 4 is 17.9 Å². The molecule has 0 radical (unpaired) electrons. The molecule has 4 heteroatoms. The van der Waals surface area contributed by atoms with Crippen molar-refractivity contribution in [3.8, 4) is 0 Å². The number of likely N-dealkylation sites (tertiary alicyclic amines) is 1. The third kappa shape index (κ3) is 5.52. The van der Waals surface area contributed by atoms with E-state index in [1.807, 2.05) is 41.3 Å². The molecule has 2 rings (SSSR count). The number of hydrogen-bond donors (Lipinski definition) is 1. The molecule has 0 saturated carbocycles. The molecular formula is C20H28N2O2. The van der Waals surface area contributed by atoms with Gasteiger partial charge in [0.15, 0.2) is 0 Å². The number of benzene rings is 1. The molecule has 1 fully saturated rings. The third-order valence-corrected chi connectivity index (χ3v) is 4.51. The molecule has 1 unspecified atom stereocenters. The maximum atomic E-state index is 12.2. The number of hydrogen-bond acceptors (Lipinski definition) is 2. The van der Waals surface area contributed by atoms with E-state index in [2.05, 4.69) is 19.2 Å². The quantitative estimate of drug-likeness (QED) is 0.815. The number of rotatable bonds is 6. The summed E-state index contributed by atoms with van der Waals surface area (Å²) in [4.78, 5) is 26.3. The van der Waals surface area contributed by atoms with Gasteiger partial charge in [-0.3, -0.25) is 9.59 Å². The lowest BCUT2D eigenvalue weighted by molar-refractivity contribution is -0.132. The van der Waals surface area contributed by atoms with Crippen LogP contribution in [0.2, 0.25) is 0 Å². The van der Waals surface area contributed by atoms with Gasteiger partial charge in [0.05, 0.1) is 0 Å². The van der Waals surface area contributed by atoms with E-state index in [1.54, 1.807) is 6.08 Å². The zero-order valence-electron chi connectivity index (χ0n) is 14.7. The van der Waals surface area contributed by atoms with Gasteiger partial charge < -0.3 is 10.2 Å². The smallest absolute Gasteiger partial charge is 0.246 e. The summed E-state index contributed by atoms with van der Waals surface area (Å²) in [7, 11) is 0. The molecular weight excluding hydrogens is 300 g/mol. The molecule has 0 spiro atoms. The fourth-order valence-corrected chi connectivity index (χ4v) is 3.07. The molecule has 1 aromatic rings. The minimum atomic E-state index is 0.0251. The molecule has 0 aromatic heterocycles. The zero-order chi connectivity index (χ0) is 17.4. The van der Waals surface area contributed by atoms with Gasteiger partial charge in [-0.05, 0) is 37.8 Å². The molecule has 0 aliphatic carbocycles. The van der Waals surface area contributed by atoms with E-state index in [0.717, 1.165) is 31.2 Å². The summed E-state index contributed by atoms with van der Waals surface area (Å²) in [6.45, 7) is 5.47. The highest BCUT2D eigenvalue weighted by Crippen LogP contribution is 2.18. The Hall–Kier alpha value is -2.10. The first-order valence-electron chi connectivity index (χ1n) is 8.92. The highest BCUT2D eigenvalue weighted by molar-refractivity contribution is 5.92. The average molecular weight is 328 g/mol. The van der Waals surface area contributed by atoms with E-state index in [0.29, 0.717) is 13.1 Å². The van der Waals surface area contributed by atoms with Gasteiger partial charge in [-0.15, -0.1) is 0 Å². The second-order valence-electron chi connectivity index (χ2n) is 6.54. The van der Waals surface area contributed by atoms with Gasteiger partial charge in [0, 0.05) is 31.1 Å². The van der Waals surface area contributed by atoms with E-state index < -0.39 is 0 Å². The minimum absolute atomic E-state index is 0.0251. The normalized spacial score (nSPS) is 17.0. The molecule has 1 heterocycles. The van der Waals surface area contributed by atoms with E-state index in [1.165, 1.54) is 0 Å². The van der Waals surface area contributed by atoms with Crippen LogP contribution in [-0.2, 0) is 9.59 Å². The fourth-order valence-electron chi connectivity index (χ4n) is 3.07. The Morgan fingerprint density at radius 3 is 2.54 bits per heavy atom. The first-order valence-corrected chi connectivity index (χ1v) is 8.92. The van der Waals surface area contributed by atoms with Gasteiger partial charge in [-0.1, -0.05) is 43.7 Å². The summed E-state index contributed by atoms with van der Waals surface area (Å²) in [6.07, 6.45) is 7.04. The first kappa shape index (κ1) is 18.2. The van der Waals surface area contributed by atoms with Crippen molar-refractivity contribution in [1.29, 1.82) is 0 Å². The van der Waals surface area contributed by atoms with Gasteiger partial charge in [0.1, 0.15) is 0 Å². The fraction of sp³-hybridized carbons (Fsp3) is 0.500. The summed E-state index contributed by atoms with van der Waals surface area (Å²) < 4.78 is 0. The lowest BCUT2D eigenvalue weighted by Gasteiger charge is -2.31. The Kier molecular flexibility index (Phi) is 7.04. The van der Waals surface area contributed by atoms with Gasteiger partial charge >= 0.3 is 0 Å². The zero-order valence-corrected chi connectivity index (χ0v) is 14.7. The molecule has 1 aliphatic heterocycles. The van der Waals surface area contributed by atoms with Crippen LogP contribution in [-0.4, -0.2) is 35.8 Å². The standard InChI is InChI=1S/C20H28N2O2/c1-3-7-16(2)21-20(24)18-12-14-22(15-13-18)19(23)11-10-17-8-5-4-6-9-17/h4-6,8-11,16,18H,3,7,12-15H2,1-2H3,(H,21,24). The lowest BCUT2D eigenvalue weighted by atomic mass is 9.95. The number of nitrogens with zero attached hydrogens (tertiary/aromatic N) is 1. The molecule has 0 bridgehead atoms. The van der Waals surface area contributed by atoms with Crippen LogP contribution in [0.15, 0.2) is 36.4 Å². The predicted octanol–water partition coefficient (Wildman–Crippen LogP) is 3.24. The summed E-state index contributed by atoms with van der Waals surface area (Å²) in [5.41, 5.74) is 1.02. The van der Waals surface area contributed by atoms with Gasteiger partial charge in [-0.25, -0.2) is 0 Å². The molecule has 4 nitrogen and oxygen atoms in total. The monoisotopic (exact) mass is 328 g/mol. The van der Waals surface area contributed by atoms with Crippen molar-refractivity contribution in [1.82, 2.24) is 10.2 Å². The van der Waals surface area contributed by atoms with Crippen LogP contribution in [0.3, 0.4) is 0 Å². The highest BCUT2D eigenvalue weighted by Gasteiger charge is 2.27. The number of carbonyl (C=O) groups is 2. The second-order valence-corrected chi connectivity index (χ2v) is 6.54. The molecule has 1 N–H and O–H groups in total. The maximum Gasteiger partial charge on any atom is 0.246 e. The summed E-state index contributed by atoms with van der Waals surface area (Å²) >= 11 is 0. The molecule has 1 aromatic carbocycles. The van der Waals surface area contributed by atoms with E-state index >= 15 is 0 Å². The third-order valence-electron chi connectivity index (χ3n) is 4.51. The van der Waals surface area contributed by atoms with Crippen molar-refractivity contribution in [3.63, 3.8) is 0 Å². The van der Waals surface area contributed by atoms with Crippen molar-refractivity contribution < 1.29 is 9.59 Å². The van der Waals surface area contributed by atoms with Crippen molar-refractivity contribution in [2.45, 2.75) is 45.6 Å². The van der Waals surface area contributed by atoms with Gasteiger partial charge in [0.25, 0.3) is 0 Å². The topological polar surface area (TPSA) is 49.4 Å². The molecule has 1 atom stereocenters. The molecule has 1 aliphatic rings. The second kappa shape index (κ2) is 9.26. The Morgan fingerprint density at radius 2 is 1.92 bits per heavy atom. The van der Waals surface area contributed by atoms with Crippen LogP contribution in [0.1, 0.15) is 45.1 Å². The van der Waals surface area contributed by atoms with Gasteiger partial charge in [0.2, 0.25) is 11.8 Å². The summed E-state index contributed by atoms with van der Waals surface area (Å²) in [5, 5.41) is 3.08. The molecule has 130 valence electrons. The first-order chi connectivity index (χ1) is 11.6. The van der Waals surface area contributed by atoms with E-state index in [9.17, 15) is 9.59 Å². The molecule has 24 heavy (non-hydrogen) atoms. The lowest BCUT2D eigenvalue weighted by Crippen LogP contribution is -2.44. The van der Waals surface area contributed by atoms with Crippen molar-refractivity contribution in [2.24, 2.45) is 5.92 Å². The average Bonchev–Trinajstić information content (AvgIpc) is 2.61. The van der Waals surface area contributed by atoms with Crippen LogP contribution in [0.4, 0.5) is 0 Å². The van der Waals surface area contributed by atoms with Crippen molar-refractivity contribution in [2.75, 3.05) is 13.1 Å². The largest absolute Gasteiger partial charge is 0.353 e. The van der Waals surface area contributed by atoms with Gasteiger partial charge in [-0.2, -0.15) is 0 Å². The van der Waals surface area contributed by atoms with E-state index in [4.69, 9.17) is 0 Å². The Morgan fingerprint density at radius 1 is 1.25 bits per heavy atom. The van der Waals surface area contributed by atoms with Crippen molar-refractivity contribution in [3.05, 3.63) is 42.0 Å².